The summed E-state index contributed by atoms with van der Waals surface area (Å²) in [7, 11) is 0. The number of alkyl halides is 1. The molecule has 0 radical (unpaired) electrons. The molecular formula is C8H15BrN4O3. The summed E-state index contributed by atoms with van der Waals surface area (Å²) < 4.78 is 10.3. The number of ether oxygens (including phenoxy) is 2. The Balaban J connectivity index is 3.04. The van der Waals surface area contributed by atoms with Crippen molar-refractivity contribution in [2.24, 2.45) is 5.11 Å². The number of carbonyl (C=O) groups excluding carboxylic acids is 1. The van der Waals surface area contributed by atoms with Crippen LogP contribution in [0.15, 0.2) is 5.11 Å². The number of hydrogen-bond acceptors (Lipinski definition) is 4. The van der Waals surface area contributed by atoms with E-state index in [0.717, 1.165) is 0 Å². The molecule has 0 atom stereocenters. The van der Waals surface area contributed by atoms with E-state index < -0.39 is 0 Å². The predicted octanol–water partition coefficient (Wildman–Crippen LogP) is 0.841. The fourth-order valence-corrected chi connectivity index (χ4v) is 0.980. The number of halogens is 1. The van der Waals surface area contributed by atoms with Gasteiger partial charge in [-0.1, -0.05) is 21.0 Å². The van der Waals surface area contributed by atoms with Gasteiger partial charge in [0.1, 0.15) is 0 Å². The molecule has 0 saturated carbocycles. The van der Waals surface area contributed by atoms with E-state index in [1.165, 1.54) is 0 Å². The van der Waals surface area contributed by atoms with Crippen molar-refractivity contribution in [1.29, 1.82) is 0 Å². The summed E-state index contributed by atoms with van der Waals surface area (Å²) in [6, 6.07) is 0. The molecule has 0 fully saturated rings. The minimum absolute atomic E-state index is 0.0609. The fraction of sp³-hybridized carbons (Fsp3) is 0.875. The SMILES string of the molecule is [N-]=[N+]=NCCOCCOCCNC(=O)CBr. The molecule has 0 aromatic heterocycles. The van der Waals surface area contributed by atoms with Crippen molar-refractivity contribution in [3.05, 3.63) is 10.4 Å². The van der Waals surface area contributed by atoms with Crippen molar-refractivity contribution in [2.75, 3.05) is 44.8 Å². The third-order valence-electron chi connectivity index (χ3n) is 1.46. The van der Waals surface area contributed by atoms with Gasteiger partial charge in [0.2, 0.25) is 5.91 Å². The van der Waals surface area contributed by atoms with E-state index in [4.69, 9.17) is 15.0 Å². The quantitative estimate of drug-likeness (QED) is 0.213. The maximum atomic E-state index is 10.8. The van der Waals surface area contributed by atoms with E-state index in [1.807, 2.05) is 0 Å². The van der Waals surface area contributed by atoms with Gasteiger partial charge in [0.05, 0.1) is 31.8 Å². The zero-order valence-corrected chi connectivity index (χ0v) is 10.5. The van der Waals surface area contributed by atoms with Crippen molar-refractivity contribution in [2.45, 2.75) is 0 Å². The number of nitrogens with zero attached hydrogens (tertiary/aromatic N) is 3. The van der Waals surface area contributed by atoms with Gasteiger partial charge in [0.25, 0.3) is 0 Å². The molecule has 7 nitrogen and oxygen atoms in total. The third-order valence-corrected chi connectivity index (χ3v) is 1.97. The summed E-state index contributed by atoms with van der Waals surface area (Å²) in [4.78, 5) is 13.4. The zero-order valence-electron chi connectivity index (χ0n) is 8.89. The van der Waals surface area contributed by atoms with Gasteiger partial charge in [-0.05, 0) is 5.53 Å². The van der Waals surface area contributed by atoms with E-state index in [0.29, 0.717) is 44.8 Å². The molecule has 0 aliphatic carbocycles. The molecule has 1 amide bonds. The molecule has 0 rings (SSSR count). The lowest BCUT2D eigenvalue weighted by Crippen LogP contribution is -2.28. The maximum Gasteiger partial charge on any atom is 0.230 e. The normalized spacial score (nSPS) is 9.56. The van der Waals surface area contributed by atoms with Crippen molar-refractivity contribution < 1.29 is 14.3 Å². The third kappa shape index (κ3) is 11.3. The Morgan fingerprint density at radius 3 is 2.62 bits per heavy atom. The van der Waals surface area contributed by atoms with Crippen LogP contribution in [-0.4, -0.2) is 50.8 Å². The van der Waals surface area contributed by atoms with Crippen LogP contribution in [0, 0.1) is 0 Å². The standard InChI is InChI=1S/C8H15BrN4O3/c9-7-8(14)11-1-3-15-5-6-16-4-2-12-13-10/h1-7H2,(H,11,14). The number of amides is 1. The van der Waals surface area contributed by atoms with E-state index in [9.17, 15) is 4.79 Å². The molecule has 0 heterocycles. The Morgan fingerprint density at radius 2 is 2.00 bits per heavy atom. The summed E-state index contributed by atoms with van der Waals surface area (Å²) in [5, 5.41) is 6.26. The Hall–Kier alpha value is -0.820. The van der Waals surface area contributed by atoms with Crippen LogP contribution < -0.4 is 5.32 Å². The topological polar surface area (TPSA) is 96.3 Å². The first-order valence-corrected chi connectivity index (χ1v) is 5.92. The van der Waals surface area contributed by atoms with Crippen molar-refractivity contribution >= 4 is 21.8 Å². The lowest BCUT2D eigenvalue weighted by molar-refractivity contribution is -0.118. The number of nitrogens with one attached hydrogen (secondary N) is 1. The summed E-state index contributed by atoms with van der Waals surface area (Å²) in [5.74, 6) is -0.0609. The van der Waals surface area contributed by atoms with Gasteiger partial charge in [0, 0.05) is 18.0 Å². The molecule has 0 unspecified atom stereocenters. The summed E-state index contributed by atoms with van der Waals surface area (Å²) in [6.45, 7) is 2.58. The molecule has 0 aromatic rings. The monoisotopic (exact) mass is 294 g/mol. The van der Waals surface area contributed by atoms with Gasteiger partial charge in [-0.3, -0.25) is 4.79 Å². The number of hydrogen-bond donors (Lipinski definition) is 1. The van der Waals surface area contributed by atoms with Crippen LogP contribution >= 0.6 is 15.9 Å². The smallest absolute Gasteiger partial charge is 0.230 e. The molecular weight excluding hydrogens is 280 g/mol. The Kier molecular flexibility index (Phi) is 11.6. The van der Waals surface area contributed by atoms with E-state index in [-0.39, 0.29) is 5.91 Å². The highest BCUT2D eigenvalue weighted by molar-refractivity contribution is 9.09. The fourth-order valence-electron chi connectivity index (χ4n) is 0.782. The molecule has 92 valence electrons. The highest BCUT2D eigenvalue weighted by atomic mass is 79.9. The van der Waals surface area contributed by atoms with Crippen LogP contribution in [0.2, 0.25) is 0 Å². The van der Waals surface area contributed by atoms with Crippen molar-refractivity contribution in [1.82, 2.24) is 5.32 Å². The van der Waals surface area contributed by atoms with E-state index >= 15 is 0 Å². The molecule has 0 aromatic carbocycles. The van der Waals surface area contributed by atoms with Crippen LogP contribution in [0.3, 0.4) is 0 Å². The Labute approximate surface area is 102 Å². The second kappa shape index (κ2) is 12.3. The van der Waals surface area contributed by atoms with Crippen molar-refractivity contribution in [3.63, 3.8) is 0 Å². The average molecular weight is 295 g/mol. The summed E-state index contributed by atoms with van der Waals surface area (Å²) in [6.07, 6.45) is 0. The molecule has 8 heteroatoms. The predicted molar refractivity (Wildman–Crippen MR) is 62.5 cm³/mol. The van der Waals surface area contributed by atoms with Crippen LogP contribution in [0.5, 0.6) is 0 Å². The summed E-state index contributed by atoms with van der Waals surface area (Å²) in [5.41, 5.74) is 7.97. The van der Waals surface area contributed by atoms with E-state index in [1.54, 1.807) is 0 Å². The summed E-state index contributed by atoms with van der Waals surface area (Å²) >= 11 is 3.03. The molecule has 0 bridgehead atoms. The van der Waals surface area contributed by atoms with Crippen LogP contribution in [0.1, 0.15) is 0 Å². The number of azide groups is 1. The van der Waals surface area contributed by atoms with Gasteiger partial charge in [0.15, 0.2) is 0 Å². The first-order chi connectivity index (χ1) is 7.81. The minimum atomic E-state index is -0.0609. The Bertz CT molecular complexity index is 233. The molecule has 16 heavy (non-hydrogen) atoms. The second-order valence-electron chi connectivity index (χ2n) is 2.66. The molecule has 0 aliphatic rings. The van der Waals surface area contributed by atoms with Gasteiger partial charge in [-0.25, -0.2) is 0 Å². The van der Waals surface area contributed by atoms with Gasteiger partial charge in [-0.2, -0.15) is 0 Å². The van der Waals surface area contributed by atoms with Gasteiger partial charge >= 0.3 is 0 Å². The minimum Gasteiger partial charge on any atom is -0.379 e. The lowest BCUT2D eigenvalue weighted by Gasteiger charge is -2.05. The highest BCUT2D eigenvalue weighted by Gasteiger charge is 1.95. The van der Waals surface area contributed by atoms with Gasteiger partial charge < -0.3 is 14.8 Å². The van der Waals surface area contributed by atoms with Gasteiger partial charge in [-0.15, -0.1) is 0 Å². The molecule has 0 aliphatic heterocycles. The zero-order chi connectivity index (χ0) is 12.1. The lowest BCUT2D eigenvalue weighted by atomic mass is 10.6. The molecule has 1 N–H and O–H groups in total. The first-order valence-electron chi connectivity index (χ1n) is 4.80. The molecule has 0 saturated heterocycles. The van der Waals surface area contributed by atoms with E-state index in [2.05, 4.69) is 31.3 Å². The molecule has 0 spiro atoms. The average Bonchev–Trinajstić information content (AvgIpc) is 2.31. The number of carbonyl (C=O) groups is 1. The maximum absolute atomic E-state index is 10.8. The van der Waals surface area contributed by atoms with Crippen LogP contribution in [-0.2, 0) is 14.3 Å². The second-order valence-corrected chi connectivity index (χ2v) is 3.22. The highest BCUT2D eigenvalue weighted by Crippen LogP contribution is 1.81. The Morgan fingerprint density at radius 1 is 1.31 bits per heavy atom. The van der Waals surface area contributed by atoms with Crippen LogP contribution in [0.25, 0.3) is 10.4 Å². The number of rotatable bonds is 10. The van der Waals surface area contributed by atoms with Crippen LogP contribution in [0.4, 0.5) is 0 Å². The largest absolute Gasteiger partial charge is 0.379 e. The first kappa shape index (κ1) is 15.2. The van der Waals surface area contributed by atoms with Crippen molar-refractivity contribution in [3.8, 4) is 0 Å².